The number of pyridine rings is 1. The molecule has 0 aliphatic rings. The second kappa shape index (κ2) is 8.51. The molecule has 106 valence electrons. The summed E-state index contributed by atoms with van der Waals surface area (Å²) in [7, 11) is 0. The lowest BCUT2D eigenvalue weighted by Gasteiger charge is -2.13. The van der Waals surface area contributed by atoms with Gasteiger partial charge < -0.3 is 10.6 Å². The Morgan fingerprint density at radius 1 is 1.26 bits per heavy atom. The second-order valence-electron chi connectivity index (χ2n) is 4.75. The van der Waals surface area contributed by atoms with E-state index in [-0.39, 0.29) is 5.91 Å². The van der Waals surface area contributed by atoms with Crippen molar-refractivity contribution in [3.05, 3.63) is 23.9 Å². The zero-order valence-electron chi connectivity index (χ0n) is 12.2. The fraction of sp³-hybridized carbons (Fsp3) is 0.600. The molecule has 0 aromatic carbocycles. The molecule has 4 nitrogen and oxygen atoms in total. The molecule has 0 spiro atoms. The van der Waals surface area contributed by atoms with Crippen molar-refractivity contribution in [2.75, 3.05) is 18.4 Å². The van der Waals surface area contributed by atoms with E-state index in [1.807, 2.05) is 12.1 Å². The van der Waals surface area contributed by atoms with Gasteiger partial charge in [0, 0.05) is 19.3 Å². The van der Waals surface area contributed by atoms with Gasteiger partial charge in [-0.15, -0.1) is 0 Å². The van der Waals surface area contributed by atoms with E-state index < -0.39 is 0 Å². The van der Waals surface area contributed by atoms with Gasteiger partial charge >= 0.3 is 0 Å². The van der Waals surface area contributed by atoms with Crippen LogP contribution >= 0.6 is 0 Å². The van der Waals surface area contributed by atoms with Gasteiger partial charge in [0.15, 0.2) is 0 Å². The predicted molar refractivity (Wildman–Crippen MR) is 79.4 cm³/mol. The van der Waals surface area contributed by atoms with Crippen LogP contribution in [0, 0.1) is 5.92 Å². The Morgan fingerprint density at radius 3 is 2.53 bits per heavy atom. The van der Waals surface area contributed by atoms with Crippen molar-refractivity contribution in [1.82, 2.24) is 10.3 Å². The summed E-state index contributed by atoms with van der Waals surface area (Å²) in [5.74, 6) is 1.34. The van der Waals surface area contributed by atoms with E-state index in [4.69, 9.17) is 0 Å². The number of carbonyl (C=O) groups is 1. The van der Waals surface area contributed by atoms with Gasteiger partial charge in [0.1, 0.15) is 5.82 Å². The third-order valence-corrected chi connectivity index (χ3v) is 3.29. The molecular weight excluding hydrogens is 238 g/mol. The molecule has 0 fully saturated rings. The van der Waals surface area contributed by atoms with Crippen LogP contribution in [-0.2, 0) is 0 Å². The van der Waals surface area contributed by atoms with Gasteiger partial charge in [-0.25, -0.2) is 4.98 Å². The summed E-state index contributed by atoms with van der Waals surface area (Å²) in [6, 6.07) is 3.66. The highest BCUT2D eigenvalue weighted by Crippen LogP contribution is 2.07. The highest BCUT2D eigenvalue weighted by atomic mass is 16.1. The summed E-state index contributed by atoms with van der Waals surface area (Å²) in [5.41, 5.74) is 0.619. The molecule has 0 aliphatic heterocycles. The van der Waals surface area contributed by atoms with Crippen molar-refractivity contribution >= 4 is 11.7 Å². The average Bonchev–Trinajstić information content (AvgIpc) is 2.46. The minimum atomic E-state index is -0.0403. The maximum atomic E-state index is 11.9. The molecule has 4 heteroatoms. The summed E-state index contributed by atoms with van der Waals surface area (Å²) in [4.78, 5) is 16.2. The van der Waals surface area contributed by atoms with Crippen molar-refractivity contribution in [2.24, 2.45) is 5.92 Å². The summed E-state index contributed by atoms with van der Waals surface area (Å²) in [6.07, 6.45) is 4.86. The van der Waals surface area contributed by atoms with Crippen molar-refractivity contribution in [3.63, 3.8) is 0 Å². The minimum Gasteiger partial charge on any atom is -0.370 e. The van der Waals surface area contributed by atoms with Gasteiger partial charge in [-0.05, 0) is 24.5 Å². The molecule has 0 atom stereocenters. The van der Waals surface area contributed by atoms with E-state index >= 15 is 0 Å². The molecule has 0 saturated carbocycles. The Labute approximate surface area is 116 Å². The zero-order chi connectivity index (χ0) is 14.1. The molecule has 0 bridgehead atoms. The highest BCUT2D eigenvalue weighted by molar-refractivity contribution is 5.94. The van der Waals surface area contributed by atoms with Gasteiger partial charge in [-0.2, -0.15) is 0 Å². The quantitative estimate of drug-likeness (QED) is 0.758. The van der Waals surface area contributed by atoms with E-state index in [1.54, 1.807) is 6.20 Å². The number of hydrogen-bond acceptors (Lipinski definition) is 3. The van der Waals surface area contributed by atoms with Crippen molar-refractivity contribution in [1.29, 1.82) is 0 Å². The van der Waals surface area contributed by atoms with E-state index in [9.17, 15) is 4.79 Å². The van der Waals surface area contributed by atoms with Crippen LogP contribution in [0.15, 0.2) is 18.3 Å². The fourth-order valence-electron chi connectivity index (χ4n) is 1.80. The first-order valence-electron chi connectivity index (χ1n) is 7.19. The predicted octanol–water partition coefficient (Wildman–Crippen LogP) is 3.07. The summed E-state index contributed by atoms with van der Waals surface area (Å²) < 4.78 is 0. The van der Waals surface area contributed by atoms with Crippen LogP contribution in [0.1, 0.15) is 50.4 Å². The molecule has 19 heavy (non-hydrogen) atoms. The van der Waals surface area contributed by atoms with Gasteiger partial charge in [-0.3, -0.25) is 4.79 Å². The summed E-state index contributed by atoms with van der Waals surface area (Å²) in [6.45, 7) is 8.04. The molecule has 0 radical (unpaired) electrons. The first-order chi connectivity index (χ1) is 9.21. The van der Waals surface area contributed by atoms with Crippen LogP contribution in [0.5, 0.6) is 0 Å². The molecular formula is C15H25N3O. The van der Waals surface area contributed by atoms with Crippen LogP contribution in [0.2, 0.25) is 0 Å². The van der Waals surface area contributed by atoms with Crippen molar-refractivity contribution in [3.8, 4) is 0 Å². The molecule has 1 heterocycles. The van der Waals surface area contributed by atoms with Gasteiger partial charge in [0.05, 0.1) is 5.56 Å². The maximum Gasteiger partial charge on any atom is 0.252 e. The number of carbonyl (C=O) groups excluding carboxylic acids is 1. The highest BCUT2D eigenvalue weighted by Gasteiger charge is 2.09. The Kier molecular flexibility index (Phi) is 6.93. The lowest BCUT2D eigenvalue weighted by Crippen LogP contribution is -2.29. The Balaban J connectivity index is 2.48. The SMILES string of the molecule is CCCNc1ccc(C(=O)NCC(CC)CC)cn1. The Morgan fingerprint density at radius 2 is 2.00 bits per heavy atom. The summed E-state index contributed by atoms with van der Waals surface area (Å²) >= 11 is 0. The second-order valence-corrected chi connectivity index (χ2v) is 4.75. The van der Waals surface area contributed by atoms with E-state index in [1.165, 1.54) is 0 Å². The average molecular weight is 263 g/mol. The van der Waals surface area contributed by atoms with Crippen LogP contribution in [0.3, 0.4) is 0 Å². The molecule has 0 saturated heterocycles. The lowest BCUT2D eigenvalue weighted by atomic mass is 10.0. The number of rotatable bonds is 8. The third-order valence-electron chi connectivity index (χ3n) is 3.29. The standard InChI is InChI=1S/C15H25N3O/c1-4-9-16-14-8-7-13(11-17-14)15(19)18-10-12(5-2)6-3/h7-8,11-12H,4-6,9-10H2,1-3H3,(H,16,17)(H,18,19). The molecule has 1 rings (SSSR count). The molecule has 1 aromatic rings. The maximum absolute atomic E-state index is 11.9. The molecule has 0 aliphatic carbocycles. The van der Waals surface area contributed by atoms with Gasteiger partial charge in [0.25, 0.3) is 5.91 Å². The number of hydrogen-bond donors (Lipinski definition) is 2. The first-order valence-corrected chi connectivity index (χ1v) is 7.19. The molecule has 1 amide bonds. The Hall–Kier alpha value is -1.58. The van der Waals surface area contributed by atoms with Gasteiger partial charge in [-0.1, -0.05) is 33.6 Å². The number of nitrogens with zero attached hydrogens (tertiary/aromatic N) is 1. The first kappa shape index (κ1) is 15.5. The van der Waals surface area contributed by atoms with Crippen LogP contribution < -0.4 is 10.6 Å². The monoisotopic (exact) mass is 263 g/mol. The molecule has 2 N–H and O–H groups in total. The van der Waals surface area contributed by atoms with E-state index in [2.05, 4.69) is 36.4 Å². The molecule has 0 unspecified atom stereocenters. The van der Waals surface area contributed by atoms with Crippen LogP contribution in [0.25, 0.3) is 0 Å². The topological polar surface area (TPSA) is 54.0 Å². The summed E-state index contributed by atoms with van der Waals surface area (Å²) in [5, 5.41) is 6.15. The van der Waals surface area contributed by atoms with Gasteiger partial charge in [0.2, 0.25) is 0 Å². The Bertz CT molecular complexity index is 371. The molecule has 1 aromatic heterocycles. The normalized spacial score (nSPS) is 10.5. The van der Waals surface area contributed by atoms with E-state index in [0.29, 0.717) is 11.5 Å². The van der Waals surface area contributed by atoms with E-state index in [0.717, 1.165) is 38.2 Å². The van der Waals surface area contributed by atoms with Crippen molar-refractivity contribution < 1.29 is 4.79 Å². The van der Waals surface area contributed by atoms with Crippen molar-refractivity contribution in [2.45, 2.75) is 40.0 Å². The fourth-order valence-corrected chi connectivity index (χ4v) is 1.80. The zero-order valence-corrected chi connectivity index (χ0v) is 12.2. The third kappa shape index (κ3) is 5.28. The smallest absolute Gasteiger partial charge is 0.252 e. The minimum absolute atomic E-state index is 0.0403. The van der Waals surface area contributed by atoms with Crippen LogP contribution in [-0.4, -0.2) is 24.0 Å². The number of nitrogens with one attached hydrogen (secondary N) is 2. The number of amides is 1. The number of aromatic nitrogens is 1. The lowest BCUT2D eigenvalue weighted by molar-refractivity contribution is 0.0946. The largest absolute Gasteiger partial charge is 0.370 e. The number of anilines is 1. The van der Waals surface area contributed by atoms with Crippen LogP contribution in [0.4, 0.5) is 5.82 Å².